The van der Waals surface area contributed by atoms with Crippen LogP contribution in [0.15, 0.2) is 12.1 Å². The molecule has 1 aromatic carbocycles. The van der Waals surface area contributed by atoms with Crippen LogP contribution in [0.2, 0.25) is 0 Å². The molecule has 0 spiro atoms. The summed E-state index contributed by atoms with van der Waals surface area (Å²) in [6, 6.07) is 3.32. The highest BCUT2D eigenvalue weighted by Crippen LogP contribution is 2.26. The van der Waals surface area contributed by atoms with Gasteiger partial charge in [0, 0.05) is 0 Å². The van der Waals surface area contributed by atoms with Gasteiger partial charge in [0.05, 0.1) is 0 Å². The summed E-state index contributed by atoms with van der Waals surface area (Å²) in [5.41, 5.74) is 1.58. The lowest BCUT2D eigenvalue weighted by atomic mass is 9.90. The second-order valence-electron chi connectivity index (χ2n) is 4.65. The molecular weight excluding hydrogens is 205 g/mol. The van der Waals surface area contributed by atoms with E-state index in [2.05, 4.69) is 5.32 Å². The van der Waals surface area contributed by atoms with Crippen molar-refractivity contribution in [1.82, 2.24) is 5.32 Å². The van der Waals surface area contributed by atoms with Gasteiger partial charge in [0.25, 0.3) is 0 Å². The van der Waals surface area contributed by atoms with Gasteiger partial charge in [-0.05, 0) is 62.4 Å². The number of hydrogen-bond acceptors (Lipinski definition) is 2. The molecule has 2 rings (SSSR count). The molecule has 1 saturated heterocycles. The van der Waals surface area contributed by atoms with E-state index in [1.165, 1.54) is 6.07 Å². The first-order valence-corrected chi connectivity index (χ1v) is 5.85. The van der Waals surface area contributed by atoms with Gasteiger partial charge >= 0.3 is 0 Å². The minimum atomic E-state index is -0.441. The van der Waals surface area contributed by atoms with Crippen LogP contribution in [0.1, 0.15) is 24.0 Å². The number of benzene rings is 1. The van der Waals surface area contributed by atoms with Crippen molar-refractivity contribution >= 4 is 0 Å². The second-order valence-corrected chi connectivity index (χ2v) is 4.65. The standard InChI is InChI=1S/C13H18FNO/c1-9-6-11(13(14)12(16)7-9)8-10-2-4-15-5-3-10/h6-7,10,15-16H,2-5,8H2,1H3. The predicted octanol–water partition coefficient (Wildman–Crippen LogP) is 2.38. The highest BCUT2D eigenvalue weighted by Gasteiger charge is 2.17. The van der Waals surface area contributed by atoms with E-state index in [0.29, 0.717) is 11.5 Å². The summed E-state index contributed by atoms with van der Waals surface area (Å²) in [6.45, 7) is 3.92. The molecule has 88 valence electrons. The zero-order valence-corrected chi connectivity index (χ0v) is 9.59. The Morgan fingerprint density at radius 2 is 2.06 bits per heavy atom. The molecule has 1 fully saturated rings. The summed E-state index contributed by atoms with van der Waals surface area (Å²) < 4.78 is 13.7. The Morgan fingerprint density at radius 1 is 1.38 bits per heavy atom. The second kappa shape index (κ2) is 4.83. The van der Waals surface area contributed by atoms with E-state index in [4.69, 9.17) is 0 Å². The molecule has 0 bridgehead atoms. The minimum Gasteiger partial charge on any atom is -0.505 e. The molecule has 1 heterocycles. The van der Waals surface area contributed by atoms with Crippen LogP contribution < -0.4 is 5.32 Å². The quantitative estimate of drug-likeness (QED) is 0.806. The van der Waals surface area contributed by atoms with Crippen LogP contribution in [-0.2, 0) is 6.42 Å². The van der Waals surface area contributed by atoms with Crippen molar-refractivity contribution in [3.63, 3.8) is 0 Å². The number of phenols is 1. The van der Waals surface area contributed by atoms with E-state index < -0.39 is 5.82 Å². The molecule has 2 N–H and O–H groups in total. The summed E-state index contributed by atoms with van der Waals surface area (Å²) in [5.74, 6) is -0.120. The number of piperidine rings is 1. The molecule has 0 atom stereocenters. The topological polar surface area (TPSA) is 32.3 Å². The maximum absolute atomic E-state index is 13.7. The third-order valence-electron chi connectivity index (χ3n) is 3.24. The largest absolute Gasteiger partial charge is 0.505 e. The Labute approximate surface area is 95.5 Å². The lowest BCUT2D eigenvalue weighted by Crippen LogP contribution is -2.28. The van der Waals surface area contributed by atoms with Crippen LogP contribution in [0.4, 0.5) is 4.39 Å². The molecule has 1 aliphatic rings. The number of phenolic OH excluding ortho intramolecular Hbond substituents is 1. The Hall–Kier alpha value is -1.09. The number of aromatic hydroxyl groups is 1. The predicted molar refractivity (Wildman–Crippen MR) is 62.1 cm³/mol. The third-order valence-corrected chi connectivity index (χ3v) is 3.24. The molecule has 2 nitrogen and oxygen atoms in total. The third kappa shape index (κ3) is 2.53. The monoisotopic (exact) mass is 223 g/mol. The number of aryl methyl sites for hydroxylation is 1. The zero-order valence-electron chi connectivity index (χ0n) is 9.59. The molecule has 16 heavy (non-hydrogen) atoms. The highest BCUT2D eigenvalue weighted by atomic mass is 19.1. The lowest BCUT2D eigenvalue weighted by molar-refractivity contribution is 0.364. The Balaban J connectivity index is 2.13. The average molecular weight is 223 g/mol. The Bertz CT molecular complexity index is 372. The summed E-state index contributed by atoms with van der Waals surface area (Å²) in [5, 5.41) is 12.7. The molecule has 3 heteroatoms. The van der Waals surface area contributed by atoms with E-state index >= 15 is 0 Å². The van der Waals surface area contributed by atoms with Crippen LogP contribution >= 0.6 is 0 Å². The Kier molecular flexibility index (Phi) is 3.44. The van der Waals surface area contributed by atoms with Crippen molar-refractivity contribution in [3.8, 4) is 5.75 Å². The summed E-state index contributed by atoms with van der Waals surface area (Å²) in [6.07, 6.45) is 2.92. The molecule has 1 aliphatic heterocycles. The normalized spacial score (nSPS) is 17.6. The van der Waals surface area contributed by atoms with Crippen LogP contribution in [0.3, 0.4) is 0 Å². The smallest absolute Gasteiger partial charge is 0.168 e. The van der Waals surface area contributed by atoms with Crippen molar-refractivity contribution < 1.29 is 9.50 Å². The van der Waals surface area contributed by atoms with Crippen LogP contribution in [0.25, 0.3) is 0 Å². The number of hydrogen-bond donors (Lipinski definition) is 2. The fourth-order valence-corrected chi connectivity index (χ4v) is 2.37. The van der Waals surface area contributed by atoms with E-state index in [9.17, 15) is 9.50 Å². The van der Waals surface area contributed by atoms with Crippen LogP contribution in [-0.4, -0.2) is 18.2 Å². The summed E-state index contributed by atoms with van der Waals surface area (Å²) in [4.78, 5) is 0. The fraction of sp³-hybridized carbons (Fsp3) is 0.538. The van der Waals surface area contributed by atoms with Crippen molar-refractivity contribution in [3.05, 3.63) is 29.1 Å². The van der Waals surface area contributed by atoms with E-state index in [1.807, 2.05) is 13.0 Å². The van der Waals surface area contributed by atoms with Gasteiger partial charge in [-0.2, -0.15) is 0 Å². The minimum absolute atomic E-state index is 0.219. The first-order chi connectivity index (χ1) is 7.66. The van der Waals surface area contributed by atoms with Crippen molar-refractivity contribution in [1.29, 1.82) is 0 Å². The maximum atomic E-state index is 13.7. The SMILES string of the molecule is Cc1cc(O)c(F)c(CC2CCNCC2)c1. The molecule has 0 amide bonds. The van der Waals surface area contributed by atoms with Crippen molar-refractivity contribution in [2.75, 3.05) is 13.1 Å². The first kappa shape index (κ1) is 11.4. The Morgan fingerprint density at radius 3 is 2.75 bits per heavy atom. The van der Waals surface area contributed by atoms with Gasteiger partial charge in [-0.3, -0.25) is 0 Å². The fourth-order valence-electron chi connectivity index (χ4n) is 2.37. The van der Waals surface area contributed by atoms with Crippen LogP contribution in [0, 0.1) is 18.7 Å². The van der Waals surface area contributed by atoms with Gasteiger partial charge in [0.1, 0.15) is 0 Å². The van der Waals surface area contributed by atoms with Crippen molar-refractivity contribution in [2.45, 2.75) is 26.2 Å². The summed E-state index contributed by atoms with van der Waals surface area (Å²) >= 11 is 0. The molecule has 0 radical (unpaired) electrons. The first-order valence-electron chi connectivity index (χ1n) is 5.85. The van der Waals surface area contributed by atoms with Gasteiger partial charge in [-0.1, -0.05) is 6.07 Å². The molecular formula is C13H18FNO. The number of rotatable bonds is 2. The molecule has 0 aromatic heterocycles. The summed E-state index contributed by atoms with van der Waals surface area (Å²) in [7, 11) is 0. The molecule has 0 aliphatic carbocycles. The number of nitrogens with one attached hydrogen (secondary N) is 1. The van der Waals surface area contributed by atoms with Gasteiger partial charge in [0.15, 0.2) is 11.6 Å². The molecule has 1 aromatic rings. The molecule has 0 saturated carbocycles. The highest BCUT2D eigenvalue weighted by molar-refractivity contribution is 5.35. The number of halogens is 1. The van der Waals surface area contributed by atoms with Gasteiger partial charge in [-0.25, -0.2) is 4.39 Å². The van der Waals surface area contributed by atoms with Gasteiger partial charge in [0.2, 0.25) is 0 Å². The van der Waals surface area contributed by atoms with E-state index in [-0.39, 0.29) is 5.75 Å². The van der Waals surface area contributed by atoms with Gasteiger partial charge < -0.3 is 10.4 Å². The average Bonchev–Trinajstić information content (AvgIpc) is 2.27. The zero-order chi connectivity index (χ0) is 11.5. The van der Waals surface area contributed by atoms with E-state index in [1.54, 1.807) is 0 Å². The van der Waals surface area contributed by atoms with E-state index in [0.717, 1.165) is 37.9 Å². The molecule has 0 unspecified atom stereocenters. The van der Waals surface area contributed by atoms with Gasteiger partial charge in [-0.15, -0.1) is 0 Å². The van der Waals surface area contributed by atoms with Crippen molar-refractivity contribution in [2.24, 2.45) is 5.92 Å². The van der Waals surface area contributed by atoms with Crippen LogP contribution in [0.5, 0.6) is 5.75 Å². The lowest BCUT2D eigenvalue weighted by Gasteiger charge is -2.23. The maximum Gasteiger partial charge on any atom is 0.168 e.